The Morgan fingerprint density at radius 1 is 0.750 bits per heavy atom. The summed E-state index contributed by atoms with van der Waals surface area (Å²) in [6, 6.07) is 5.54. The highest BCUT2D eigenvalue weighted by atomic mass is 19.2. The van der Waals surface area contributed by atoms with Gasteiger partial charge in [-0.3, -0.25) is 9.59 Å². The van der Waals surface area contributed by atoms with Gasteiger partial charge in [-0.25, -0.2) is 31.5 Å². The highest BCUT2D eigenvalue weighted by molar-refractivity contribution is 5.93. The van der Waals surface area contributed by atoms with Gasteiger partial charge in [-0.05, 0) is 24.6 Å². The monoisotopic (exact) mass is 463 g/mol. The molecule has 2 rings (SSSR count). The second kappa shape index (κ2) is 11.4. The number of carbonyl (C=O) groups is 4. The lowest BCUT2D eigenvalue weighted by molar-refractivity contribution is -0.137. The van der Waals surface area contributed by atoms with Crippen LogP contribution in [0.2, 0.25) is 0 Å². The van der Waals surface area contributed by atoms with Crippen molar-refractivity contribution in [2.75, 3.05) is 5.32 Å². The smallest absolute Gasteiger partial charge is 0.341 e. The lowest BCUT2D eigenvalue weighted by atomic mass is 10.1. The SMILES string of the molecule is O=C(O)CCCC(=O)Nc1cccc(F)c1.O=C(O)c1c(F)c(F)c(C(=O)O)c(F)c1F. The van der Waals surface area contributed by atoms with Gasteiger partial charge in [0, 0.05) is 18.5 Å². The third kappa shape index (κ3) is 7.04. The summed E-state index contributed by atoms with van der Waals surface area (Å²) in [6.45, 7) is 0. The summed E-state index contributed by atoms with van der Waals surface area (Å²) in [7, 11) is 0. The van der Waals surface area contributed by atoms with Crippen LogP contribution in [-0.2, 0) is 9.59 Å². The molecule has 0 aliphatic heterocycles. The molecular weight excluding hydrogens is 449 g/mol. The van der Waals surface area contributed by atoms with E-state index in [4.69, 9.17) is 15.3 Å². The average molecular weight is 463 g/mol. The van der Waals surface area contributed by atoms with Gasteiger partial charge in [-0.2, -0.15) is 0 Å². The Morgan fingerprint density at radius 2 is 1.22 bits per heavy atom. The third-order valence-electron chi connectivity index (χ3n) is 3.59. The molecule has 32 heavy (non-hydrogen) atoms. The quantitative estimate of drug-likeness (QED) is 0.363. The molecule has 0 saturated carbocycles. The van der Waals surface area contributed by atoms with Crippen LogP contribution in [0.15, 0.2) is 24.3 Å². The summed E-state index contributed by atoms with van der Waals surface area (Å²) >= 11 is 0. The number of hydrogen-bond acceptors (Lipinski definition) is 4. The first-order chi connectivity index (χ1) is 14.9. The van der Waals surface area contributed by atoms with Crippen molar-refractivity contribution in [1.82, 2.24) is 0 Å². The number of amides is 1. The molecule has 2 aromatic rings. The molecule has 0 saturated heterocycles. The van der Waals surface area contributed by atoms with Gasteiger partial charge in [0.05, 0.1) is 0 Å². The molecule has 1 amide bonds. The van der Waals surface area contributed by atoms with Crippen LogP contribution in [-0.4, -0.2) is 39.1 Å². The standard InChI is InChI=1S/C11H12FNO3.C8H2F4O4/c12-8-3-1-4-9(7-8)13-10(14)5-2-6-11(15)16;9-3-1(7(13)14)4(10)6(12)2(5(3)11)8(15)16/h1,3-4,7H,2,5-6H2,(H,13,14)(H,15,16);(H,13,14)(H,15,16). The Labute approximate surface area is 175 Å². The summed E-state index contributed by atoms with van der Waals surface area (Å²) < 4.78 is 64.3. The van der Waals surface area contributed by atoms with Crippen LogP contribution < -0.4 is 5.32 Å². The summed E-state index contributed by atoms with van der Waals surface area (Å²) in [6.07, 6.45) is 0.343. The Hall–Kier alpha value is -4.03. The number of hydrogen-bond donors (Lipinski definition) is 4. The van der Waals surface area contributed by atoms with E-state index < -0.39 is 58.1 Å². The molecule has 0 spiro atoms. The Morgan fingerprint density at radius 3 is 1.59 bits per heavy atom. The van der Waals surface area contributed by atoms with Gasteiger partial charge in [0.15, 0.2) is 23.3 Å². The van der Waals surface area contributed by atoms with Crippen molar-refractivity contribution in [3.05, 3.63) is 64.5 Å². The lowest BCUT2D eigenvalue weighted by Crippen LogP contribution is -2.15. The third-order valence-corrected chi connectivity index (χ3v) is 3.59. The van der Waals surface area contributed by atoms with Crippen LogP contribution in [0.5, 0.6) is 0 Å². The van der Waals surface area contributed by atoms with Crippen molar-refractivity contribution in [2.24, 2.45) is 0 Å². The molecule has 0 bridgehead atoms. The van der Waals surface area contributed by atoms with Crippen LogP contribution in [0.1, 0.15) is 40.0 Å². The van der Waals surface area contributed by atoms with Gasteiger partial charge in [0.1, 0.15) is 16.9 Å². The van der Waals surface area contributed by atoms with E-state index in [2.05, 4.69) is 5.32 Å². The second-order valence-corrected chi connectivity index (χ2v) is 5.92. The summed E-state index contributed by atoms with van der Waals surface area (Å²) in [4.78, 5) is 42.0. The van der Waals surface area contributed by atoms with Gasteiger partial charge in [-0.1, -0.05) is 6.07 Å². The predicted molar refractivity (Wildman–Crippen MR) is 96.7 cm³/mol. The number of rotatable bonds is 7. The van der Waals surface area contributed by atoms with Crippen LogP contribution in [0.3, 0.4) is 0 Å². The zero-order chi connectivity index (χ0) is 24.6. The minimum Gasteiger partial charge on any atom is -0.481 e. The first kappa shape index (κ1) is 26.0. The minimum absolute atomic E-state index is 0.0451. The summed E-state index contributed by atoms with van der Waals surface area (Å²) in [5.74, 6) is -15.2. The topological polar surface area (TPSA) is 141 Å². The number of halogens is 5. The van der Waals surface area contributed by atoms with E-state index in [1.54, 1.807) is 6.07 Å². The fourth-order valence-corrected chi connectivity index (χ4v) is 2.20. The van der Waals surface area contributed by atoms with Crippen molar-refractivity contribution in [2.45, 2.75) is 19.3 Å². The number of aromatic carboxylic acids is 2. The van der Waals surface area contributed by atoms with Crippen molar-refractivity contribution in [3.63, 3.8) is 0 Å². The second-order valence-electron chi connectivity index (χ2n) is 5.92. The van der Waals surface area contributed by atoms with Gasteiger partial charge >= 0.3 is 17.9 Å². The summed E-state index contributed by atoms with van der Waals surface area (Å²) in [5.41, 5.74) is -3.37. The molecule has 0 radical (unpaired) electrons. The molecule has 4 N–H and O–H groups in total. The zero-order valence-electron chi connectivity index (χ0n) is 15.8. The molecule has 0 fully saturated rings. The highest BCUT2D eigenvalue weighted by Crippen LogP contribution is 2.24. The van der Waals surface area contributed by atoms with Gasteiger partial charge in [0.25, 0.3) is 0 Å². The normalized spacial score (nSPS) is 10.0. The molecule has 172 valence electrons. The predicted octanol–water partition coefficient (Wildman–Crippen LogP) is 3.66. The van der Waals surface area contributed by atoms with E-state index in [9.17, 15) is 41.1 Å². The van der Waals surface area contributed by atoms with Crippen LogP contribution >= 0.6 is 0 Å². The molecule has 0 unspecified atom stereocenters. The number of carbonyl (C=O) groups excluding carboxylic acids is 1. The first-order valence-electron chi connectivity index (χ1n) is 8.46. The van der Waals surface area contributed by atoms with Crippen LogP contribution in [0.4, 0.5) is 27.6 Å². The number of benzene rings is 2. The van der Waals surface area contributed by atoms with Gasteiger partial charge < -0.3 is 20.6 Å². The largest absolute Gasteiger partial charge is 0.481 e. The minimum atomic E-state index is -2.26. The van der Waals surface area contributed by atoms with E-state index in [0.29, 0.717) is 5.69 Å². The molecule has 0 aliphatic rings. The number of anilines is 1. The Bertz CT molecular complexity index is 985. The molecular formula is C19H14F5NO7. The van der Waals surface area contributed by atoms with Crippen molar-refractivity contribution in [1.29, 1.82) is 0 Å². The molecule has 0 aliphatic carbocycles. The number of carboxylic acids is 3. The number of aliphatic carboxylic acids is 1. The van der Waals surface area contributed by atoms with Crippen LogP contribution in [0, 0.1) is 29.1 Å². The van der Waals surface area contributed by atoms with Crippen molar-refractivity contribution in [3.8, 4) is 0 Å². The lowest BCUT2D eigenvalue weighted by Gasteiger charge is -2.05. The van der Waals surface area contributed by atoms with E-state index in [1.165, 1.54) is 18.2 Å². The maximum Gasteiger partial charge on any atom is 0.341 e. The van der Waals surface area contributed by atoms with E-state index >= 15 is 0 Å². The van der Waals surface area contributed by atoms with E-state index in [1.807, 2.05) is 0 Å². The number of carboxylic acid groups (broad SMARTS) is 3. The van der Waals surface area contributed by atoms with Crippen molar-refractivity contribution >= 4 is 29.5 Å². The molecule has 8 nitrogen and oxygen atoms in total. The average Bonchev–Trinajstić information content (AvgIpc) is 2.66. The Kier molecular flexibility index (Phi) is 9.25. The summed E-state index contributed by atoms with van der Waals surface area (Å²) in [5, 5.41) is 27.4. The van der Waals surface area contributed by atoms with E-state index in [-0.39, 0.29) is 25.2 Å². The van der Waals surface area contributed by atoms with E-state index in [0.717, 1.165) is 0 Å². The number of nitrogens with one attached hydrogen (secondary N) is 1. The first-order valence-corrected chi connectivity index (χ1v) is 8.46. The molecule has 2 aromatic carbocycles. The Balaban J connectivity index is 0.000000320. The molecule has 0 aromatic heterocycles. The van der Waals surface area contributed by atoms with Gasteiger partial charge in [0.2, 0.25) is 5.91 Å². The maximum atomic E-state index is 12.9. The van der Waals surface area contributed by atoms with Gasteiger partial charge in [-0.15, -0.1) is 0 Å². The molecule has 0 heterocycles. The maximum absolute atomic E-state index is 12.9. The highest BCUT2D eigenvalue weighted by Gasteiger charge is 2.32. The zero-order valence-corrected chi connectivity index (χ0v) is 15.8. The van der Waals surface area contributed by atoms with Crippen molar-refractivity contribution < 1.29 is 56.4 Å². The molecule has 0 atom stereocenters. The fourth-order valence-electron chi connectivity index (χ4n) is 2.20. The van der Waals surface area contributed by atoms with Crippen LogP contribution in [0.25, 0.3) is 0 Å². The molecule has 13 heteroatoms. The fraction of sp³-hybridized carbons (Fsp3) is 0.158.